The maximum atomic E-state index is 12.2. The number of hydrogen-bond acceptors (Lipinski definition) is 2. The molecule has 1 saturated heterocycles. The van der Waals surface area contributed by atoms with E-state index in [9.17, 15) is 4.79 Å². The molecule has 3 nitrogen and oxygen atoms in total. The zero-order chi connectivity index (χ0) is 16.2. The Balaban J connectivity index is 1.43. The van der Waals surface area contributed by atoms with Gasteiger partial charge in [0.2, 0.25) is 5.91 Å². The number of rotatable bonds is 5. The summed E-state index contributed by atoms with van der Waals surface area (Å²) in [6.45, 7) is 7.40. The van der Waals surface area contributed by atoms with Gasteiger partial charge in [-0.3, -0.25) is 4.79 Å². The largest absolute Gasteiger partial charge is 0.355 e. The molecule has 1 saturated carbocycles. The lowest BCUT2D eigenvalue weighted by Crippen LogP contribution is -2.34. The van der Waals surface area contributed by atoms with Gasteiger partial charge < -0.3 is 10.2 Å². The molecular weight excluding hydrogens is 284 g/mol. The van der Waals surface area contributed by atoms with Crippen molar-refractivity contribution in [1.29, 1.82) is 0 Å². The fourth-order valence-corrected chi connectivity index (χ4v) is 4.11. The summed E-state index contributed by atoms with van der Waals surface area (Å²) in [7, 11) is 0. The van der Waals surface area contributed by atoms with Gasteiger partial charge in [-0.25, -0.2) is 0 Å². The molecule has 1 heterocycles. The quantitative estimate of drug-likeness (QED) is 0.905. The van der Waals surface area contributed by atoms with Crippen molar-refractivity contribution in [2.45, 2.75) is 58.4 Å². The summed E-state index contributed by atoms with van der Waals surface area (Å²) in [4.78, 5) is 14.9. The molecule has 0 spiro atoms. The van der Waals surface area contributed by atoms with Gasteiger partial charge in [0.1, 0.15) is 0 Å². The molecule has 2 aliphatic rings. The molecule has 1 aliphatic heterocycles. The summed E-state index contributed by atoms with van der Waals surface area (Å²) < 4.78 is 0. The van der Waals surface area contributed by atoms with Crippen LogP contribution < -0.4 is 5.32 Å². The van der Waals surface area contributed by atoms with Crippen LogP contribution in [0.25, 0.3) is 0 Å². The van der Waals surface area contributed by atoms with Crippen molar-refractivity contribution >= 4 is 5.91 Å². The van der Waals surface area contributed by atoms with Crippen molar-refractivity contribution in [3.05, 3.63) is 34.9 Å². The van der Waals surface area contributed by atoms with Crippen LogP contribution in [0.5, 0.6) is 0 Å². The zero-order valence-corrected chi connectivity index (χ0v) is 14.6. The predicted molar refractivity (Wildman–Crippen MR) is 94.6 cm³/mol. The number of amides is 1. The van der Waals surface area contributed by atoms with Crippen molar-refractivity contribution in [1.82, 2.24) is 10.2 Å². The second kappa shape index (κ2) is 7.48. The molecule has 1 N–H and O–H groups in total. The summed E-state index contributed by atoms with van der Waals surface area (Å²) in [5, 5.41) is 3.17. The van der Waals surface area contributed by atoms with E-state index in [0.29, 0.717) is 12.3 Å². The SMILES string of the molecule is Cc1ccc(C)c(CC(=O)NCC2CCN(C3CCCC3)C2)c1. The highest BCUT2D eigenvalue weighted by molar-refractivity contribution is 5.79. The van der Waals surface area contributed by atoms with Crippen molar-refractivity contribution in [3.63, 3.8) is 0 Å². The van der Waals surface area contributed by atoms with Crippen molar-refractivity contribution in [2.75, 3.05) is 19.6 Å². The minimum Gasteiger partial charge on any atom is -0.355 e. The minimum atomic E-state index is 0.165. The average Bonchev–Trinajstić information content (AvgIpc) is 3.19. The van der Waals surface area contributed by atoms with Crippen molar-refractivity contribution in [2.24, 2.45) is 5.92 Å². The number of aryl methyl sites for hydroxylation is 2. The van der Waals surface area contributed by atoms with Gasteiger partial charge >= 0.3 is 0 Å². The smallest absolute Gasteiger partial charge is 0.224 e. The number of carbonyl (C=O) groups excluding carboxylic acids is 1. The Labute approximate surface area is 140 Å². The molecule has 23 heavy (non-hydrogen) atoms. The average molecular weight is 314 g/mol. The van der Waals surface area contributed by atoms with E-state index in [0.717, 1.165) is 18.2 Å². The first-order valence-corrected chi connectivity index (χ1v) is 9.18. The highest BCUT2D eigenvalue weighted by Gasteiger charge is 2.29. The number of likely N-dealkylation sites (tertiary alicyclic amines) is 1. The zero-order valence-electron chi connectivity index (χ0n) is 14.6. The van der Waals surface area contributed by atoms with Gasteiger partial charge in [0.05, 0.1) is 6.42 Å². The molecule has 3 rings (SSSR count). The molecule has 1 aliphatic carbocycles. The highest BCUT2D eigenvalue weighted by atomic mass is 16.1. The lowest BCUT2D eigenvalue weighted by molar-refractivity contribution is -0.120. The molecule has 126 valence electrons. The van der Waals surface area contributed by atoms with Gasteiger partial charge in [0.15, 0.2) is 0 Å². The third-order valence-corrected chi connectivity index (χ3v) is 5.60. The Morgan fingerprint density at radius 2 is 2.00 bits per heavy atom. The molecule has 0 aromatic heterocycles. The Hall–Kier alpha value is -1.35. The van der Waals surface area contributed by atoms with Crippen LogP contribution in [0, 0.1) is 19.8 Å². The standard InChI is InChI=1S/C20H30N2O/c1-15-7-8-16(2)18(11-15)12-20(23)21-13-17-9-10-22(14-17)19-5-3-4-6-19/h7-8,11,17,19H,3-6,9-10,12-14H2,1-2H3,(H,21,23). The first kappa shape index (κ1) is 16.5. The molecule has 1 aromatic rings. The van der Waals surface area contributed by atoms with Crippen LogP contribution in [0.4, 0.5) is 0 Å². The van der Waals surface area contributed by atoms with Crippen molar-refractivity contribution < 1.29 is 4.79 Å². The lowest BCUT2D eigenvalue weighted by atomic mass is 10.0. The molecule has 0 bridgehead atoms. The molecule has 2 fully saturated rings. The van der Waals surface area contributed by atoms with E-state index in [1.807, 2.05) is 0 Å². The Morgan fingerprint density at radius 3 is 2.78 bits per heavy atom. The molecule has 1 amide bonds. The van der Waals surface area contributed by atoms with Gasteiger partial charge in [-0.1, -0.05) is 36.6 Å². The first-order chi connectivity index (χ1) is 11.1. The van der Waals surface area contributed by atoms with E-state index < -0.39 is 0 Å². The number of nitrogens with one attached hydrogen (secondary N) is 1. The van der Waals surface area contributed by atoms with Crippen LogP contribution in [0.15, 0.2) is 18.2 Å². The molecule has 3 heteroatoms. The third kappa shape index (κ3) is 4.35. The van der Waals surface area contributed by atoms with Gasteiger partial charge in [-0.05, 0) is 56.7 Å². The third-order valence-electron chi connectivity index (χ3n) is 5.60. The van der Waals surface area contributed by atoms with Crippen LogP contribution in [-0.2, 0) is 11.2 Å². The molecular formula is C20H30N2O. The second-order valence-electron chi connectivity index (χ2n) is 7.50. The molecule has 1 atom stereocenters. The number of benzene rings is 1. The fourth-order valence-electron chi connectivity index (χ4n) is 4.11. The van der Waals surface area contributed by atoms with E-state index in [1.165, 1.54) is 56.3 Å². The Morgan fingerprint density at radius 1 is 1.22 bits per heavy atom. The Bertz CT molecular complexity index is 549. The van der Waals surface area contributed by atoms with Gasteiger partial charge in [-0.15, -0.1) is 0 Å². The Kier molecular flexibility index (Phi) is 5.37. The maximum Gasteiger partial charge on any atom is 0.224 e. The minimum absolute atomic E-state index is 0.165. The second-order valence-corrected chi connectivity index (χ2v) is 7.50. The summed E-state index contributed by atoms with van der Waals surface area (Å²) in [6, 6.07) is 7.17. The van der Waals surface area contributed by atoms with Gasteiger partial charge in [-0.2, -0.15) is 0 Å². The molecule has 1 aromatic carbocycles. The van der Waals surface area contributed by atoms with E-state index in [1.54, 1.807) is 0 Å². The lowest BCUT2D eigenvalue weighted by Gasteiger charge is -2.23. The van der Waals surface area contributed by atoms with Gasteiger partial charge in [0.25, 0.3) is 0 Å². The summed E-state index contributed by atoms with van der Waals surface area (Å²) in [6.07, 6.45) is 7.31. The number of hydrogen-bond donors (Lipinski definition) is 1. The molecule has 0 radical (unpaired) electrons. The van der Waals surface area contributed by atoms with Gasteiger partial charge in [0, 0.05) is 19.1 Å². The van der Waals surface area contributed by atoms with E-state index in [2.05, 4.69) is 42.3 Å². The topological polar surface area (TPSA) is 32.3 Å². The van der Waals surface area contributed by atoms with E-state index in [-0.39, 0.29) is 5.91 Å². The normalized spacial score (nSPS) is 22.6. The van der Waals surface area contributed by atoms with E-state index >= 15 is 0 Å². The first-order valence-electron chi connectivity index (χ1n) is 9.18. The monoisotopic (exact) mass is 314 g/mol. The highest BCUT2D eigenvalue weighted by Crippen LogP contribution is 2.28. The van der Waals surface area contributed by atoms with Crippen LogP contribution in [0.1, 0.15) is 48.8 Å². The van der Waals surface area contributed by atoms with Crippen LogP contribution in [0.3, 0.4) is 0 Å². The van der Waals surface area contributed by atoms with Crippen molar-refractivity contribution in [3.8, 4) is 0 Å². The van der Waals surface area contributed by atoms with Crippen LogP contribution in [-0.4, -0.2) is 36.5 Å². The summed E-state index contributed by atoms with van der Waals surface area (Å²) in [5.41, 5.74) is 3.59. The van der Waals surface area contributed by atoms with Crippen LogP contribution in [0.2, 0.25) is 0 Å². The number of carbonyl (C=O) groups is 1. The summed E-state index contributed by atoms with van der Waals surface area (Å²) >= 11 is 0. The molecule has 1 unspecified atom stereocenters. The maximum absolute atomic E-state index is 12.2. The van der Waals surface area contributed by atoms with Crippen LogP contribution >= 0.6 is 0 Å². The van der Waals surface area contributed by atoms with E-state index in [4.69, 9.17) is 0 Å². The predicted octanol–water partition coefficient (Wildman–Crippen LogP) is 3.23. The number of nitrogens with zero attached hydrogens (tertiary/aromatic N) is 1. The fraction of sp³-hybridized carbons (Fsp3) is 0.650. The summed E-state index contributed by atoms with van der Waals surface area (Å²) in [5.74, 6) is 0.802.